The van der Waals surface area contributed by atoms with Crippen LogP contribution in [0.2, 0.25) is 0 Å². The van der Waals surface area contributed by atoms with Gasteiger partial charge in [-0.1, -0.05) is 48.5 Å². The van der Waals surface area contributed by atoms with E-state index >= 15 is 0 Å². The number of carbonyl (C=O) groups excluding carboxylic acids is 2. The fraction of sp³-hybridized carbons (Fsp3) is 0.333. The van der Waals surface area contributed by atoms with Crippen LogP contribution in [0.5, 0.6) is 0 Å². The van der Waals surface area contributed by atoms with Crippen molar-refractivity contribution in [1.82, 2.24) is 10.2 Å². The van der Waals surface area contributed by atoms with E-state index in [0.717, 1.165) is 17.5 Å². The van der Waals surface area contributed by atoms with E-state index in [1.165, 1.54) is 11.1 Å². The molecule has 0 saturated heterocycles. The van der Waals surface area contributed by atoms with Gasteiger partial charge in [0.1, 0.15) is 0 Å². The predicted octanol–water partition coefficient (Wildman–Crippen LogP) is 1.57. The van der Waals surface area contributed by atoms with Gasteiger partial charge in [-0.15, -0.1) is 0 Å². The molecule has 3 rings (SSSR count). The minimum atomic E-state index is -0.438. The Hall–Kier alpha value is -2.66. The quantitative estimate of drug-likeness (QED) is 0.829. The second kappa shape index (κ2) is 8.15. The summed E-state index contributed by atoms with van der Waals surface area (Å²) >= 11 is 0. The summed E-state index contributed by atoms with van der Waals surface area (Å²) in [6.45, 7) is 3.39. The zero-order chi connectivity index (χ0) is 18.5. The van der Waals surface area contributed by atoms with Crippen molar-refractivity contribution in [2.75, 3.05) is 13.1 Å². The standard InChI is InChI=1S/C21H25N3O2/c1-15-6-2-3-7-16(15)10-11-23-20(25)14-24-13-18-9-5-4-8-17(18)12-19(24)21(22)26/h2-9,19H,10-14H2,1H3,(H2,22,26)(H,23,25). The molecule has 2 aromatic rings. The number of carbonyl (C=O) groups is 2. The number of primary amides is 1. The molecule has 1 aliphatic heterocycles. The van der Waals surface area contributed by atoms with E-state index in [9.17, 15) is 9.59 Å². The molecule has 1 unspecified atom stereocenters. The minimum absolute atomic E-state index is 0.0794. The van der Waals surface area contributed by atoms with Crippen LogP contribution in [0.1, 0.15) is 22.3 Å². The predicted molar refractivity (Wildman–Crippen MR) is 101 cm³/mol. The van der Waals surface area contributed by atoms with Crippen LogP contribution < -0.4 is 11.1 Å². The third-order valence-corrected chi connectivity index (χ3v) is 5.00. The van der Waals surface area contributed by atoms with Gasteiger partial charge < -0.3 is 11.1 Å². The second-order valence-electron chi connectivity index (χ2n) is 6.82. The first-order valence-electron chi connectivity index (χ1n) is 8.96. The van der Waals surface area contributed by atoms with E-state index in [0.29, 0.717) is 19.5 Å². The number of aryl methyl sites for hydroxylation is 1. The molecular formula is C21H25N3O2. The Bertz CT molecular complexity index is 803. The van der Waals surface area contributed by atoms with Crippen LogP contribution in [0.3, 0.4) is 0 Å². The average Bonchev–Trinajstić information content (AvgIpc) is 2.62. The Balaban J connectivity index is 1.57. The van der Waals surface area contributed by atoms with E-state index in [1.807, 2.05) is 41.3 Å². The Kier molecular flexibility index (Phi) is 5.68. The van der Waals surface area contributed by atoms with Crippen molar-refractivity contribution in [3.63, 3.8) is 0 Å². The monoisotopic (exact) mass is 351 g/mol. The molecule has 3 N–H and O–H groups in total. The number of hydrogen-bond donors (Lipinski definition) is 2. The summed E-state index contributed by atoms with van der Waals surface area (Å²) in [5.41, 5.74) is 10.3. The first-order chi connectivity index (χ1) is 12.5. The van der Waals surface area contributed by atoms with Gasteiger partial charge >= 0.3 is 0 Å². The van der Waals surface area contributed by atoms with Crippen molar-refractivity contribution in [2.24, 2.45) is 5.73 Å². The zero-order valence-corrected chi connectivity index (χ0v) is 15.1. The van der Waals surface area contributed by atoms with Gasteiger partial charge in [-0.05, 0) is 42.0 Å². The summed E-state index contributed by atoms with van der Waals surface area (Å²) < 4.78 is 0. The lowest BCUT2D eigenvalue weighted by atomic mass is 9.93. The summed E-state index contributed by atoms with van der Waals surface area (Å²) in [6, 6.07) is 15.7. The van der Waals surface area contributed by atoms with Crippen LogP contribution in [-0.4, -0.2) is 35.8 Å². The highest BCUT2D eigenvalue weighted by atomic mass is 16.2. The van der Waals surface area contributed by atoms with Crippen LogP contribution in [0.15, 0.2) is 48.5 Å². The zero-order valence-electron chi connectivity index (χ0n) is 15.1. The molecule has 26 heavy (non-hydrogen) atoms. The van der Waals surface area contributed by atoms with Crippen LogP contribution in [-0.2, 0) is 29.0 Å². The molecule has 136 valence electrons. The van der Waals surface area contributed by atoms with Crippen LogP contribution in [0, 0.1) is 6.92 Å². The number of benzene rings is 2. The summed E-state index contributed by atoms with van der Waals surface area (Å²) in [6.07, 6.45) is 1.35. The number of nitrogens with one attached hydrogen (secondary N) is 1. The number of amides is 2. The molecule has 0 radical (unpaired) electrons. The maximum atomic E-state index is 12.4. The van der Waals surface area contributed by atoms with Crippen molar-refractivity contribution >= 4 is 11.8 Å². The van der Waals surface area contributed by atoms with Gasteiger partial charge in [0, 0.05) is 13.1 Å². The third-order valence-electron chi connectivity index (χ3n) is 5.00. The maximum absolute atomic E-state index is 12.4. The fourth-order valence-electron chi connectivity index (χ4n) is 3.49. The van der Waals surface area contributed by atoms with Gasteiger partial charge in [0.2, 0.25) is 11.8 Å². The molecule has 0 fully saturated rings. The molecule has 0 saturated carbocycles. The molecule has 1 heterocycles. The lowest BCUT2D eigenvalue weighted by Crippen LogP contribution is -2.51. The highest BCUT2D eigenvalue weighted by Crippen LogP contribution is 2.22. The fourth-order valence-corrected chi connectivity index (χ4v) is 3.49. The SMILES string of the molecule is Cc1ccccc1CCNC(=O)CN1Cc2ccccc2CC1C(N)=O. The van der Waals surface area contributed by atoms with E-state index in [4.69, 9.17) is 5.73 Å². The third kappa shape index (κ3) is 4.29. The number of nitrogens with zero attached hydrogens (tertiary/aromatic N) is 1. The number of nitrogens with two attached hydrogens (primary N) is 1. The van der Waals surface area contributed by atoms with Gasteiger partial charge in [0.25, 0.3) is 0 Å². The molecule has 0 spiro atoms. The molecule has 5 heteroatoms. The molecule has 0 bridgehead atoms. The normalized spacial score (nSPS) is 16.7. The Labute approximate surface area is 154 Å². The van der Waals surface area contributed by atoms with E-state index in [1.54, 1.807) is 0 Å². The molecule has 1 aliphatic rings. The summed E-state index contributed by atoms with van der Waals surface area (Å²) in [4.78, 5) is 26.1. The average molecular weight is 351 g/mol. The highest BCUT2D eigenvalue weighted by Gasteiger charge is 2.30. The Morgan fingerprint density at radius 1 is 1.12 bits per heavy atom. The summed E-state index contributed by atoms with van der Waals surface area (Å²) in [5.74, 6) is -0.462. The lowest BCUT2D eigenvalue weighted by Gasteiger charge is -2.34. The van der Waals surface area contributed by atoms with Gasteiger partial charge in [0.15, 0.2) is 0 Å². The Morgan fingerprint density at radius 3 is 2.54 bits per heavy atom. The summed E-state index contributed by atoms with van der Waals surface area (Å²) in [5, 5.41) is 2.96. The minimum Gasteiger partial charge on any atom is -0.368 e. The Morgan fingerprint density at radius 2 is 1.81 bits per heavy atom. The van der Waals surface area contributed by atoms with E-state index in [-0.39, 0.29) is 18.4 Å². The highest BCUT2D eigenvalue weighted by molar-refractivity contribution is 5.83. The van der Waals surface area contributed by atoms with Crippen molar-refractivity contribution in [1.29, 1.82) is 0 Å². The largest absolute Gasteiger partial charge is 0.368 e. The van der Waals surface area contributed by atoms with Crippen LogP contribution in [0.4, 0.5) is 0 Å². The van der Waals surface area contributed by atoms with Crippen molar-refractivity contribution in [3.05, 3.63) is 70.8 Å². The van der Waals surface area contributed by atoms with Crippen molar-refractivity contribution in [2.45, 2.75) is 32.4 Å². The molecule has 1 atom stereocenters. The van der Waals surface area contributed by atoms with Crippen LogP contribution >= 0.6 is 0 Å². The number of fused-ring (bicyclic) bond motifs is 1. The van der Waals surface area contributed by atoms with Crippen molar-refractivity contribution in [3.8, 4) is 0 Å². The lowest BCUT2D eigenvalue weighted by molar-refractivity contribution is -0.127. The number of hydrogen-bond acceptors (Lipinski definition) is 3. The van der Waals surface area contributed by atoms with Crippen LogP contribution in [0.25, 0.3) is 0 Å². The summed E-state index contributed by atoms with van der Waals surface area (Å²) in [7, 11) is 0. The van der Waals surface area contributed by atoms with Gasteiger partial charge in [-0.25, -0.2) is 0 Å². The second-order valence-corrected chi connectivity index (χ2v) is 6.82. The maximum Gasteiger partial charge on any atom is 0.235 e. The van der Waals surface area contributed by atoms with Gasteiger partial charge in [-0.3, -0.25) is 14.5 Å². The molecule has 0 aliphatic carbocycles. The van der Waals surface area contributed by atoms with Gasteiger partial charge in [0.05, 0.1) is 12.6 Å². The molecule has 5 nitrogen and oxygen atoms in total. The number of rotatable bonds is 6. The van der Waals surface area contributed by atoms with Crippen molar-refractivity contribution < 1.29 is 9.59 Å². The topological polar surface area (TPSA) is 75.4 Å². The van der Waals surface area contributed by atoms with E-state index in [2.05, 4.69) is 24.4 Å². The van der Waals surface area contributed by atoms with E-state index < -0.39 is 6.04 Å². The molecule has 2 amide bonds. The molecule has 2 aromatic carbocycles. The smallest absolute Gasteiger partial charge is 0.235 e. The first kappa shape index (κ1) is 18.1. The molecular weight excluding hydrogens is 326 g/mol. The van der Waals surface area contributed by atoms with Gasteiger partial charge in [-0.2, -0.15) is 0 Å². The molecule has 0 aromatic heterocycles. The first-order valence-corrected chi connectivity index (χ1v) is 8.96.